The summed E-state index contributed by atoms with van der Waals surface area (Å²) in [5, 5.41) is 11.7. The van der Waals surface area contributed by atoms with Crippen LogP contribution in [0, 0.1) is 0 Å². The van der Waals surface area contributed by atoms with Gasteiger partial charge < -0.3 is 19.5 Å². The van der Waals surface area contributed by atoms with E-state index in [0.717, 1.165) is 34.7 Å². The zero-order chi connectivity index (χ0) is 27.4. The zero-order valence-corrected chi connectivity index (χ0v) is 21.4. The molecule has 6 nitrogen and oxygen atoms in total. The number of aromatic nitrogens is 1. The Morgan fingerprint density at radius 1 is 1.05 bits per heavy atom. The van der Waals surface area contributed by atoms with Crippen molar-refractivity contribution in [3.63, 3.8) is 0 Å². The number of alkyl halides is 3. The van der Waals surface area contributed by atoms with E-state index in [4.69, 9.17) is 9.47 Å². The molecule has 1 aromatic heterocycles. The van der Waals surface area contributed by atoms with E-state index in [2.05, 4.69) is 29.2 Å². The number of nitrogens with zero attached hydrogens (tertiary/aromatic N) is 2. The van der Waals surface area contributed by atoms with Gasteiger partial charge in [0.15, 0.2) is 0 Å². The minimum atomic E-state index is -4.61. The molecule has 1 aliphatic carbocycles. The first-order chi connectivity index (χ1) is 18.7. The third kappa shape index (κ3) is 4.42. The third-order valence-corrected chi connectivity index (χ3v) is 8.43. The largest absolute Gasteiger partial charge is 0.481 e. The first kappa shape index (κ1) is 25.7. The highest BCUT2D eigenvalue weighted by Crippen LogP contribution is 2.48. The smallest absolute Gasteiger partial charge is 0.417 e. The Labute approximate surface area is 224 Å². The third-order valence-electron chi connectivity index (χ3n) is 8.43. The number of benzene rings is 2. The van der Waals surface area contributed by atoms with E-state index in [9.17, 15) is 23.1 Å². The van der Waals surface area contributed by atoms with Crippen LogP contribution >= 0.6 is 0 Å². The molecule has 204 valence electrons. The van der Waals surface area contributed by atoms with Crippen molar-refractivity contribution in [1.82, 2.24) is 9.88 Å². The minimum Gasteiger partial charge on any atom is -0.481 e. The van der Waals surface area contributed by atoms with Crippen LogP contribution in [0.3, 0.4) is 0 Å². The molecule has 2 atom stereocenters. The predicted octanol–water partition coefficient (Wildman–Crippen LogP) is 6.26. The normalized spacial score (nSPS) is 24.2. The fourth-order valence-corrected chi connectivity index (χ4v) is 6.72. The maximum Gasteiger partial charge on any atom is 0.417 e. The molecule has 2 saturated heterocycles. The summed E-state index contributed by atoms with van der Waals surface area (Å²) < 4.78 is 51.5. The molecule has 1 N–H and O–H groups in total. The Morgan fingerprint density at radius 2 is 1.64 bits per heavy atom. The lowest BCUT2D eigenvalue weighted by molar-refractivity contribution is -0.138. The van der Waals surface area contributed by atoms with Crippen molar-refractivity contribution in [2.75, 3.05) is 13.7 Å². The molecule has 2 fully saturated rings. The second-order valence-electron chi connectivity index (χ2n) is 10.7. The molecule has 6 rings (SSSR count). The highest BCUT2D eigenvalue weighted by molar-refractivity contribution is 5.79. The van der Waals surface area contributed by atoms with Gasteiger partial charge in [0, 0.05) is 42.6 Å². The van der Waals surface area contributed by atoms with Gasteiger partial charge in [0.25, 0.3) is 0 Å². The number of rotatable bonds is 4. The Hall–Kier alpha value is -3.59. The van der Waals surface area contributed by atoms with Crippen LogP contribution in [0.4, 0.5) is 18.0 Å². The molecular weight excluding hydrogens is 509 g/mol. The lowest BCUT2D eigenvalue weighted by atomic mass is 9.72. The van der Waals surface area contributed by atoms with Gasteiger partial charge >= 0.3 is 12.3 Å². The van der Waals surface area contributed by atoms with Crippen molar-refractivity contribution in [2.45, 2.75) is 61.9 Å². The van der Waals surface area contributed by atoms with Gasteiger partial charge in [0.1, 0.15) is 6.61 Å². The molecule has 0 radical (unpaired) electrons. The Morgan fingerprint density at radius 3 is 2.21 bits per heavy atom. The van der Waals surface area contributed by atoms with Crippen molar-refractivity contribution >= 4 is 6.09 Å². The summed E-state index contributed by atoms with van der Waals surface area (Å²) >= 11 is 0. The summed E-state index contributed by atoms with van der Waals surface area (Å²) in [7, 11) is 1.31. The summed E-state index contributed by atoms with van der Waals surface area (Å²) in [5.74, 6) is -0.124. The minimum absolute atomic E-state index is 0.00362. The van der Waals surface area contributed by atoms with E-state index in [-0.39, 0.29) is 48.9 Å². The van der Waals surface area contributed by atoms with Gasteiger partial charge in [-0.3, -0.25) is 0 Å². The first-order valence-corrected chi connectivity index (χ1v) is 13.2. The van der Waals surface area contributed by atoms with Crippen molar-refractivity contribution in [3.05, 3.63) is 83.0 Å². The van der Waals surface area contributed by atoms with Crippen LogP contribution in [0.5, 0.6) is 5.88 Å². The van der Waals surface area contributed by atoms with Crippen molar-refractivity contribution in [1.29, 1.82) is 0 Å². The van der Waals surface area contributed by atoms with Crippen molar-refractivity contribution < 1.29 is 32.5 Å². The van der Waals surface area contributed by atoms with Gasteiger partial charge in [-0.05, 0) is 47.6 Å². The van der Waals surface area contributed by atoms with Crippen LogP contribution in [-0.4, -0.2) is 46.9 Å². The Kier molecular flexibility index (Phi) is 6.29. The quantitative estimate of drug-likeness (QED) is 0.425. The van der Waals surface area contributed by atoms with Crippen LogP contribution < -0.4 is 4.74 Å². The topological polar surface area (TPSA) is 71.9 Å². The van der Waals surface area contributed by atoms with Gasteiger partial charge in [-0.25, -0.2) is 9.78 Å². The summed E-state index contributed by atoms with van der Waals surface area (Å²) in [6.45, 7) is 0.179. The van der Waals surface area contributed by atoms with Gasteiger partial charge in [-0.15, -0.1) is 0 Å². The molecule has 0 saturated carbocycles. The second-order valence-corrected chi connectivity index (χ2v) is 10.7. The molecule has 3 heterocycles. The highest BCUT2D eigenvalue weighted by atomic mass is 19.4. The van der Waals surface area contributed by atoms with Crippen LogP contribution in [-0.2, 0) is 16.5 Å². The van der Waals surface area contributed by atoms with Gasteiger partial charge in [0.05, 0.1) is 18.3 Å². The number of hydrogen-bond donors (Lipinski definition) is 1. The molecule has 2 aliphatic heterocycles. The van der Waals surface area contributed by atoms with E-state index in [0.29, 0.717) is 19.0 Å². The number of hydrogen-bond acceptors (Lipinski definition) is 5. The summed E-state index contributed by atoms with van der Waals surface area (Å²) in [6.07, 6.45) is -2.10. The van der Waals surface area contributed by atoms with Gasteiger partial charge in [-0.1, -0.05) is 48.5 Å². The lowest BCUT2D eigenvalue weighted by Gasteiger charge is -2.51. The SMILES string of the molecule is COc1ncc(C(F)(F)F)cc1C1(O)CC2CCCC(C1)N2C(=O)OCC1c2ccccc2-c2ccccc21. The van der Waals surface area contributed by atoms with Crippen LogP contribution in [0.15, 0.2) is 60.8 Å². The van der Waals surface area contributed by atoms with Gasteiger partial charge in [-0.2, -0.15) is 13.2 Å². The van der Waals surface area contributed by atoms with Crippen molar-refractivity contribution in [3.8, 4) is 17.0 Å². The zero-order valence-electron chi connectivity index (χ0n) is 21.4. The molecule has 39 heavy (non-hydrogen) atoms. The van der Waals surface area contributed by atoms with Crippen LogP contribution in [0.25, 0.3) is 11.1 Å². The summed E-state index contributed by atoms with van der Waals surface area (Å²) in [4.78, 5) is 19.0. The number of amides is 1. The number of ether oxygens (including phenoxy) is 2. The number of fused-ring (bicyclic) bond motifs is 5. The van der Waals surface area contributed by atoms with E-state index in [1.165, 1.54) is 7.11 Å². The van der Waals surface area contributed by atoms with Crippen molar-refractivity contribution in [2.24, 2.45) is 0 Å². The van der Waals surface area contributed by atoms with E-state index >= 15 is 0 Å². The summed E-state index contributed by atoms with van der Waals surface area (Å²) in [6, 6.07) is 16.4. The Bertz CT molecular complexity index is 1350. The number of carbonyl (C=O) groups excluding carboxylic acids is 1. The van der Waals surface area contributed by atoms with E-state index < -0.39 is 23.4 Å². The molecule has 3 aromatic rings. The number of pyridine rings is 1. The maximum atomic E-state index is 13.5. The standard InChI is InChI=1S/C30H29F3N2O4/c1-38-27-26(13-18(16-34-27)30(31,32)33)29(37)14-19-7-6-8-20(15-29)35(19)28(36)39-17-25-23-11-4-2-9-21(23)22-10-3-5-12-24(22)25/h2-5,9-13,16,19-20,25,37H,6-8,14-15,17H2,1H3. The predicted molar refractivity (Wildman–Crippen MR) is 137 cm³/mol. The molecule has 2 bridgehead atoms. The summed E-state index contributed by atoms with van der Waals surface area (Å²) in [5.41, 5.74) is 1.94. The number of carbonyl (C=O) groups is 1. The fourth-order valence-electron chi connectivity index (χ4n) is 6.72. The first-order valence-electron chi connectivity index (χ1n) is 13.2. The Balaban J connectivity index is 1.23. The lowest BCUT2D eigenvalue weighted by Crippen LogP contribution is -2.59. The second kappa shape index (κ2) is 9.55. The number of aliphatic hydroxyl groups is 1. The van der Waals surface area contributed by atoms with Gasteiger partial charge in [0.2, 0.25) is 5.88 Å². The molecular formula is C30H29F3N2O4. The molecule has 9 heteroatoms. The van der Waals surface area contributed by atoms with Crippen LogP contribution in [0.1, 0.15) is 60.3 Å². The monoisotopic (exact) mass is 538 g/mol. The van der Waals surface area contributed by atoms with E-state index in [1.54, 1.807) is 4.90 Å². The van der Waals surface area contributed by atoms with E-state index in [1.807, 2.05) is 24.3 Å². The number of methoxy groups -OCH3 is 1. The highest BCUT2D eigenvalue weighted by Gasteiger charge is 2.50. The number of halogens is 3. The molecule has 0 spiro atoms. The molecule has 3 aliphatic rings. The molecule has 2 unspecified atom stereocenters. The van der Waals surface area contributed by atoms with Crippen LogP contribution in [0.2, 0.25) is 0 Å². The maximum absolute atomic E-state index is 13.5. The fraction of sp³-hybridized carbons (Fsp3) is 0.400. The molecule has 1 amide bonds. The molecule has 2 aromatic carbocycles. The number of piperidine rings is 2. The average molecular weight is 539 g/mol. The average Bonchev–Trinajstić information content (AvgIpc) is 3.24.